The Morgan fingerprint density at radius 1 is 1.20 bits per heavy atom. The van der Waals surface area contributed by atoms with E-state index in [-0.39, 0.29) is 18.2 Å². The molecule has 110 valence electrons. The van der Waals surface area contributed by atoms with Crippen LogP contribution in [0.3, 0.4) is 0 Å². The van der Waals surface area contributed by atoms with Gasteiger partial charge in [0.15, 0.2) is 0 Å². The third-order valence-electron chi connectivity index (χ3n) is 3.54. The maximum Gasteiger partial charge on any atom is 0.322 e. The first-order valence-electron chi connectivity index (χ1n) is 7.27. The highest BCUT2D eigenvalue weighted by Crippen LogP contribution is 2.18. The first-order chi connectivity index (χ1) is 9.45. The molecule has 4 nitrogen and oxygen atoms in total. The van der Waals surface area contributed by atoms with Crippen LogP contribution >= 0.6 is 0 Å². The number of benzene rings is 1. The summed E-state index contributed by atoms with van der Waals surface area (Å²) in [5.41, 5.74) is 2.11. The summed E-state index contributed by atoms with van der Waals surface area (Å²) >= 11 is 0. The molecule has 1 saturated heterocycles. The van der Waals surface area contributed by atoms with E-state index in [4.69, 9.17) is 4.74 Å². The molecule has 1 aromatic rings. The minimum atomic E-state index is -0.0516. The van der Waals surface area contributed by atoms with Gasteiger partial charge < -0.3 is 15.0 Å². The Morgan fingerprint density at radius 2 is 1.75 bits per heavy atom. The lowest BCUT2D eigenvalue weighted by atomic mass is 10.0. The van der Waals surface area contributed by atoms with Crippen molar-refractivity contribution in [2.24, 2.45) is 0 Å². The average molecular weight is 276 g/mol. The van der Waals surface area contributed by atoms with Crippen molar-refractivity contribution in [1.29, 1.82) is 0 Å². The molecular weight excluding hydrogens is 252 g/mol. The minimum Gasteiger partial charge on any atom is -0.372 e. The highest BCUT2D eigenvalue weighted by Gasteiger charge is 2.25. The molecule has 0 radical (unpaired) electrons. The zero-order chi connectivity index (χ0) is 14.7. The van der Waals surface area contributed by atoms with Gasteiger partial charge in [0.1, 0.15) is 0 Å². The molecule has 1 N–H and O–H groups in total. The predicted octanol–water partition coefficient (Wildman–Crippen LogP) is 3.45. The number of hydrogen-bond acceptors (Lipinski definition) is 2. The zero-order valence-electron chi connectivity index (χ0n) is 12.7. The number of nitrogens with zero attached hydrogens (tertiary/aromatic N) is 1. The maximum atomic E-state index is 12.2. The molecule has 0 aliphatic carbocycles. The molecule has 4 heteroatoms. The second kappa shape index (κ2) is 6.27. The first-order valence-corrected chi connectivity index (χ1v) is 7.27. The first kappa shape index (κ1) is 14.9. The lowest BCUT2D eigenvalue weighted by Crippen LogP contribution is -2.49. The van der Waals surface area contributed by atoms with Gasteiger partial charge in [-0.15, -0.1) is 0 Å². The van der Waals surface area contributed by atoms with Gasteiger partial charge in [-0.25, -0.2) is 4.79 Å². The summed E-state index contributed by atoms with van der Waals surface area (Å²) in [6.07, 6.45) is 0.181. The van der Waals surface area contributed by atoms with Gasteiger partial charge in [-0.05, 0) is 37.5 Å². The smallest absolute Gasteiger partial charge is 0.322 e. The Kier molecular flexibility index (Phi) is 4.65. The molecule has 1 aliphatic heterocycles. The van der Waals surface area contributed by atoms with Crippen LogP contribution in [0.2, 0.25) is 0 Å². The highest BCUT2D eigenvalue weighted by molar-refractivity contribution is 5.89. The van der Waals surface area contributed by atoms with E-state index < -0.39 is 0 Å². The highest BCUT2D eigenvalue weighted by atomic mass is 16.5. The van der Waals surface area contributed by atoms with E-state index in [9.17, 15) is 4.79 Å². The van der Waals surface area contributed by atoms with Gasteiger partial charge in [-0.1, -0.05) is 26.0 Å². The number of carbonyl (C=O) groups is 1. The topological polar surface area (TPSA) is 41.6 Å². The standard InChI is InChI=1S/C16H24N2O2/c1-11(2)14-5-7-15(8-6-14)17-16(19)18-9-12(3)20-13(4)10-18/h5-8,11-13H,9-10H2,1-4H3,(H,17,19)/t12-,13-/m1/s1. The van der Waals surface area contributed by atoms with Gasteiger partial charge in [0.2, 0.25) is 0 Å². The van der Waals surface area contributed by atoms with Crippen LogP contribution in [0.1, 0.15) is 39.2 Å². The number of carbonyl (C=O) groups excluding carboxylic acids is 1. The van der Waals surface area contributed by atoms with Crippen LogP contribution in [0.25, 0.3) is 0 Å². The summed E-state index contributed by atoms with van der Waals surface area (Å²) in [5, 5.41) is 2.95. The molecule has 1 heterocycles. The van der Waals surface area contributed by atoms with Crippen molar-refractivity contribution in [2.75, 3.05) is 18.4 Å². The fraction of sp³-hybridized carbons (Fsp3) is 0.562. The lowest BCUT2D eigenvalue weighted by molar-refractivity contribution is -0.0530. The summed E-state index contributed by atoms with van der Waals surface area (Å²) in [6.45, 7) is 9.58. The maximum absolute atomic E-state index is 12.2. The number of rotatable bonds is 2. The minimum absolute atomic E-state index is 0.0516. The van der Waals surface area contributed by atoms with Gasteiger partial charge in [0.25, 0.3) is 0 Å². The molecule has 1 fully saturated rings. The molecule has 1 aliphatic rings. The van der Waals surface area contributed by atoms with Crippen LogP contribution in [-0.4, -0.2) is 36.2 Å². The fourth-order valence-electron chi connectivity index (χ4n) is 2.50. The fourth-order valence-corrected chi connectivity index (χ4v) is 2.50. The van der Waals surface area contributed by atoms with Crippen molar-refractivity contribution in [3.8, 4) is 0 Å². The van der Waals surface area contributed by atoms with Crippen molar-refractivity contribution < 1.29 is 9.53 Å². The van der Waals surface area contributed by atoms with E-state index >= 15 is 0 Å². The van der Waals surface area contributed by atoms with Gasteiger partial charge in [-0.2, -0.15) is 0 Å². The average Bonchev–Trinajstić information content (AvgIpc) is 2.38. The number of urea groups is 1. The van der Waals surface area contributed by atoms with Crippen molar-refractivity contribution in [3.63, 3.8) is 0 Å². The second-order valence-corrected chi connectivity index (χ2v) is 5.87. The molecule has 0 aromatic heterocycles. The van der Waals surface area contributed by atoms with Crippen LogP contribution in [0.15, 0.2) is 24.3 Å². The molecule has 0 saturated carbocycles. The van der Waals surface area contributed by atoms with Crippen molar-refractivity contribution >= 4 is 11.7 Å². The molecule has 0 unspecified atom stereocenters. The normalized spacial score (nSPS) is 22.9. The van der Waals surface area contributed by atoms with Gasteiger partial charge >= 0.3 is 6.03 Å². The van der Waals surface area contributed by atoms with Crippen molar-refractivity contribution in [2.45, 2.75) is 45.8 Å². The summed E-state index contributed by atoms with van der Waals surface area (Å²) in [6, 6.07) is 7.99. The van der Waals surface area contributed by atoms with E-state index in [2.05, 4.69) is 31.3 Å². The Balaban J connectivity index is 1.97. The second-order valence-electron chi connectivity index (χ2n) is 5.87. The summed E-state index contributed by atoms with van der Waals surface area (Å²) in [4.78, 5) is 14.1. The summed E-state index contributed by atoms with van der Waals surface area (Å²) in [7, 11) is 0. The van der Waals surface area contributed by atoms with E-state index in [0.717, 1.165) is 5.69 Å². The lowest BCUT2D eigenvalue weighted by Gasteiger charge is -2.35. The quantitative estimate of drug-likeness (QED) is 0.899. The molecular formula is C16H24N2O2. The van der Waals surface area contributed by atoms with Gasteiger partial charge in [0.05, 0.1) is 12.2 Å². The van der Waals surface area contributed by atoms with Gasteiger partial charge in [0, 0.05) is 18.8 Å². The molecule has 0 bridgehead atoms. The monoisotopic (exact) mass is 276 g/mol. The molecule has 1 aromatic carbocycles. The van der Waals surface area contributed by atoms with E-state index in [1.54, 1.807) is 0 Å². The van der Waals surface area contributed by atoms with Crippen LogP contribution in [0, 0.1) is 0 Å². The molecule has 2 rings (SSSR count). The van der Waals surface area contributed by atoms with E-state index in [1.807, 2.05) is 30.9 Å². The van der Waals surface area contributed by atoms with Crippen LogP contribution < -0.4 is 5.32 Å². The predicted molar refractivity (Wildman–Crippen MR) is 81.1 cm³/mol. The third kappa shape index (κ3) is 3.73. The third-order valence-corrected chi connectivity index (χ3v) is 3.54. The molecule has 2 amide bonds. The number of morpholine rings is 1. The van der Waals surface area contributed by atoms with E-state index in [1.165, 1.54) is 5.56 Å². The summed E-state index contributed by atoms with van der Waals surface area (Å²) < 4.78 is 5.64. The Bertz CT molecular complexity index is 446. The molecule has 2 atom stereocenters. The number of hydrogen-bond donors (Lipinski definition) is 1. The van der Waals surface area contributed by atoms with E-state index in [0.29, 0.717) is 19.0 Å². The number of amides is 2. The SMILES string of the molecule is CC(C)c1ccc(NC(=O)N2C[C@@H](C)O[C@H](C)C2)cc1. The molecule has 0 spiro atoms. The van der Waals surface area contributed by atoms with Crippen molar-refractivity contribution in [3.05, 3.63) is 29.8 Å². The summed E-state index contributed by atoms with van der Waals surface area (Å²) in [5.74, 6) is 0.501. The number of anilines is 1. The zero-order valence-corrected chi connectivity index (χ0v) is 12.7. The van der Waals surface area contributed by atoms with Crippen molar-refractivity contribution in [1.82, 2.24) is 4.90 Å². The Morgan fingerprint density at radius 3 is 2.25 bits per heavy atom. The largest absolute Gasteiger partial charge is 0.372 e. The number of nitrogens with one attached hydrogen (secondary N) is 1. The van der Waals surface area contributed by atoms with Gasteiger partial charge in [-0.3, -0.25) is 0 Å². The van der Waals surface area contributed by atoms with Crippen LogP contribution in [-0.2, 0) is 4.74 Å². The van der Waals surface area contributed by atoms with Crippen LogP contribution in [0.4, 0.5) is 10.5 Å². The Labute approximate surface area is 121 Å². The van der Waals surface area contributed by atoms with Crippen LogP contribution in [0.5, 0.6) is 0 Å². The molecule has 20 heavy (non-hydrogen) atoms. The number of ether oxygens (including phenoxy) is 1. The Hall–Kier alpha value is -1.55.